The molecule has 0 aliphatic rings. The number of aromatic nitrogens is 3. The zero-order valence-electron chi connectivity index (χ0n) is 29.3. The molecule has 6 heteroatoms. The quantitative estimate of drug-likeness (QED) is 0.200. The van der Waals surface area contributed by atoms with Gasteiger partial charge in [-0.25, -0.2) is 19.3 Å². The Kier molecular flexibility index (Phi) is 4.59. The Morgan fingerprint density at radius 1 is 0.533 bits per heavy atom. The maximum atomic E-state index is 13.8. The Hall–Kier alpha value is -5.72. The smallest absolute Gasteiger partial charge is 0.164 e. The fourth-order valence-corrected chi connectivity index (χ4v) is 6.74. The Balaban J connectivity index is 1.31. The van der Waals surface area contributed by atoms with E-state index in [0.717, 1.165) is 20.2 Å². The van der Waals surface area contributed by atoms with Crippen molar-refractivity contribution in [1.82, 2.24) is 15.0 Å². The number of nitrogens with zero attached hydrogens (tertiary/aromatic N) is 3. The third-order valence-electron chi connectivity index (χ3n) is 7.68. The second kappa shape index (κ2) is 10.2. The van der Waals surface area contributed by atoms with E-state index in [-0.39, 0.29) is 86.8 Å². The summed E-state index contributed by atoms with van der Waals surface area (Å²) in [5, 5.41) is 2.14. The van der Waals surface area contributed by atoms with Gasteiger partial charge in [0.15, 0.2) is 17.5 Å². The molecule has 45 heavy (non-hydrogen) atoms. The van der Waals surface area contributed by atoms with Crippen LogP contribution in [0.2, 0.25) is 0 Å². The number of hydrogen-bond acceptors (Lipinski definition) is 5. The van der Waals surface area contributed by atoms with Crippen molar-refractivity contribution in [2.24, 2.45) is 0 Å². The molecule has 9 aromatic rings. The third-order valence-corrected chi connectivity index (χ3v) is 8.90. The van der Waals surface area contributed by atoms with E-state index in [1.165, 1.54) is 35.6 Å². The molecule has 0 unspecified atom stereocenters. The molecule has 0 atom stereocenters. The molecule has 0 amide bonds. The fraction of sp³-hybridized carbons (Fsp3) is 0. The predicted octanol–water partition coefficient (Wildman–Crippen LogP) is 10.9. The lowest BCUT2D eigenvalue weighted by molar-refractivity contribution is 0.628. The number of hydrogen-bond donors (Lipinski definition) is 0. The summed E-state index contributed by atoms with van der Waals surface area (Å²) in [7, 11) is 0. The van der Waals surface area contributed by atoms with Gasteiger partial charge in [0.05, 0.1) is 8.22 Å². The minimum atomic E-state index is -0.436. The van der Waals surface area contributed by atoms with Crippen molar-refractivity contribution >= 4 is 53.4 Å². The maximum absolute atomic E-state index is 13.8. The minimum absolute atomic E-state index is 0.0307. The Morgan fingerprint density at radius 3 is 2.04 bits per heavy atom. The molecule has 3 heterocycles. The van der Waals surface area contributed by atoms with Crippen LogP contribution < -0.4 is 0 Å². The Bertz CT molecular complexity index is 2890. The van der Waals surface area contributed by atoms with Gasteiger partial charge in [-0.3, -0.25) is 0 Å². The van der Waals surface area contributed by atoms with Crippen molar-refractivity contribution in [3.8, 4) is 45.3 Å². The summed E-state index contributed by atoms with van der Waals surface area (Å²) in [6.07, 6.45) is 0. The molecule has 0 aliphatic heterocycles. The molecular formula is C39H22FN3OS. The van der Waals surface area contributed by atoms with E-state index in [9.17, 15) is 8.50 Å². The van der Waals surface area contributed by atoms with Gasteiger partial charge < -0.3 is 4.42 Å². The van der Waals surface area contributed by atoms with Crippen LogP contribution in [-0.4, -0.2) is 15.0 Å². The maximum Gasteiger partial charge on any atom is 0.164 e. The number of thiophene rings is 1. The first-order chi connectivity index (χ1) is 24.7. The van der Waals surface area contributed by atoms with Gasteiger partial charge in [-0.1, -0.05) is 78.8 Å². The first kappa shape index (κ1) is 20.3. The molecule has 0 saturated heterocycles. The van der Waals surface area contributed by atoms with Crippen LogP contribution in [0.1, 0.15) is 8.22 Å². The van der Waals surface area contributed by atoms with Crippen molar-refractivity contribution in [3.63, 3.8) is 0 Å². The molecule has 0 fully saturated rings. The van der Waals surface area contributed by atoms with Crippen LogP contribution >= 0.6 is 11.3 Å². The lowest BCUT2D eigenvalue weighted by Crippen LogP contribution is -2.00. The van der Waals surface area contributed by atoms with Crippen LogP contribution in [0.5, 0.6) is 0 Å². The van der Waals surface area contributed by atoms with Gasteiger partial charge in [0, 0.05) is 47.6 Å². The molecule has 0 aliphatic carbocycles. The lowest BCUT2D eigenvalue weighted by Gasteiger charge is -2.08. The van der Waals surface area contributed by atoms with E-state index in [2.05, 4.69) is 15.0 Å². The zero-order valence-corrected chi connectivity index (χ0v) is 24.1. The van der Waals surface area contributed by atoms with E-state index in [0.29, 0.717) is 16.7 Å². The Labute approximate surface area is 269 Å². The summed E-state index contributed by atoms with van der Waals surface area (Å²) in [6, 6.07) is 26.7. The molecule has 0 radical (unpaired) electrons. The third kappa shape index (κ3) is 4.38. The molecule has 0 spiro atoms. The van der Waals surface area contributed by atoms with Crippen molar-refractivity contribution in [1.29, 1.82) is 0 Å². The van der Waals surface area contributed by atoms with Gasteiger partial charge in [-0.2, -0.15) is 0 Å². The molecular weight excluding hydrogens is 578 g/mol. The summed E-state index contributed by atoms with van der Waals surface area (Å²) >= 11 is 1.54. The predicted molar refractivity (Wildman–Crippen MR) is 182 cm³/mol. The van der Waals surface area contributed by atoms with E-state index in [1.54, 1.807) is 12.1 Å². The summed E-state index contributed by atoms with van der Waals surface area (Å²) in [5.41, 5.74) is 1.61. The van der Waals surface area contributed by atoms with Crippen LogP contribution in [-0.2, 0) is 0 Å². The van der Waals surface area contributed by atoms with E-state index < -0.39 is 5.82 Å². The van der Waals surface area contributed by atoms with Crippen molar-refractivity contribution < 1.29 is 17.0 Å². The highest BCUT2D eigenvalue weighted by atomic mass is 32.1. The monoisotopic (exact) mass is 605 g/mol. The van der Waals surface area contributed by atoms with Crippen molar-refractivity contribution in [2.45, 2.75) is 0 Å². The SMILES string of the molecule is [2H]c1c(-c2cccc3c2sc2ccccc23)c([2H])c2c(oc3c([2H])c(-c4nc(-c5ccccc5)nc(-c5ccc(F)cc5)n4)c([2H])c([2H])c32)c1[2H]. The van der Waals surface area contributed by atoms with Gasteiger partial charge in [-0.15, -0.1) is 11.3 Å². The minimum Gasteiger partial charge on any atom is -0.456 e. The fourth-order valence-electron chi connectivity index (χ4n) is 5.51. The summed E-state index contributed by atoms with van der Waals surface area (Å²) < 4.78 is 77.0. The van der Waals surface area contributed by atoms with Gasteiger partial charge >= 0.3 is 0 Å². The standard InChI is InChI=1S/C39H22FN3OS/c40-27-17-13-24(14-18-27)38-41-37(23-7-2-1-3-8-23)42-39(43-38)26-15-19-29-32-21-25(16-20-33(32)44-34(29)22-26)28-10-6-11-31-30-9-4-5-12-35(30)45-36(28)31/h1-22H/i15D,16D,19D,20D,21D,22D. The van der Waals surface area contributed by atoms with Crippen LogP contribution in [0.15, 0.2) is 138 Å². The molecule has 6 aromatic carbocycles. The lowest BCUT2D eigenvalue weighted by atomic mass is 10.0. The van der Waals surface area contributed by atoms with Crippen LogP contribution in [0.25, 0.3) is 87.4 Å². The second-order valence-electron chi connectivity index (χ2n) is 10.5. The van der Waals surface area contributed by atoms with Gasteiger partial charge in [0.25, 0.3) is 0 Å². The largest absolute Gasteiger partial charge is 0.456 e. The van der Waals surface area contributed by atoms with Crippen LogP contribution in [0, 0.1) is 5.82 Å². The molecule has 212 valence electrons. The summed E-state index contributed by atoms with van der Waals surface area (Å²) in [4.78, 5) is 13.8. The highest BCUT2D eigenvalue weighted by Crippen LogP contribution is 2.41. The zero-order chi connectivity index (χ0) is 35.1. The number of benzene rings is 6. The number of furan rings is 1. The second-order valence-corrected chi connectivity index (χ2v) is 11.5. The van der Waals surface area contributed by atoms with E-state index in [1.807, 2.05) is 60.7 Å². The molecule has 0 N–H and O–H groups in total. The number of fused-ring (bicyclic) bond motifs is 6. The average molecular weight is 606 g/mol. The van der Waals surface area contributed by atoms with E-state index >= 15 is 0 Å². The first-order valence-electron chi connectivity index (χ1n) is 17.2. The van der Waals surface area contributed by atoms with Crippen molar-refractivity contribution in [3.05, 3.63) is 139 Å². The molecule has 3 aromatic heterocycles. The van der Waals surface area contributed by atoms with Crippen molar-refractivity contribution in [2.75, 3.05) is 0 Å². The molecule has 0 saturated carbocycles. The average Bonchev–Trinajstić information content (AvgIpc) is 3.75. The summed E-state index contributed by atoms with van der Waals surface area (Å²) in [6.45, 7) is 0. The van der Waals surface area contributed by atoms with Crippen LogP contribution in [0.3, 0.4) is 0 Å². The molecule has 4 nitrogen and oxygen atoms in total. The first-order valence-corrected chi connectivity index (χ1v) is 15.0. The van der Waals surface area contributed by atoms with Crippen LogP contribution in [0.4, 0.5) is 4.39 Å². The van der Waals surface area contributed by atoms with Gasteiger partial charge in [-0.05, 0) is 65.6 Å². The highest BCUT2D eigenvalue weighted by molar-refractivity contribution is 7.26. The topological polar surface area (TPSA) is 51.8 Å². The van der Waals surface area contributed by atoms with E-state index in [4.69, 9.17) is 8.53 Å². The van der Waals surface area contributed by atoms with Gasteiger partial charge in [0.1, 0.15) is 17.0 Å². The highest BCUT2D eigenvalue weighted by Gasteiger charge is 2.16. The molecule has 9 rings (SSSR count). The molecule has 0 bridgehead atoms. The summed E-state index contributed by atoms with van der Waals surface area (Å²) in [5.74, 6) is -0.0793. The number of rotatable bonds is 4. The normalized spacial score (nSPS) is 13.5. The Morgan fingerprint density at radius 2 is 1.22 bits per heavy atom. The number of halogens is 1. The van der Waals surface area contributed by atoms with Gasteiger partial charge in [0.2, 0.25) is 0 Å².